The SMILES string of the molecule is CC(C)C(=O)CCC(=O)CCC(C(=O)C(C)C)S(=O)(=O)[O-]. The Morgan fingerprint density at radius 3 is 1.81 bits per heavy atom. The zero-order valence-electron chi connectivity index (χ0n) is 12.9. The van der Waals surface area contributed by atoms with Crippen LogP contribution in [0.4, 0.5) is 0 Å². The van der Waals surface area contributed by atoms with Crippen molar-refractivity contribution in [2.45, 2.75) is 58.6 Å². The Kier molecular flexibility index (Phi) is 7.95. The minimum atomic E-state index is -4.77. The summed E-state index contributed by atoms with van der Waals surface area (Å²) >= 11 is 0. The number of ketones is 3. The van der Waals surface area contributed by atoms with Crippen LogP contribution in [0.25, 0.3) is 0 Å². The molecule has 0 heterocycles. The van der Waals surface area contributed by atoms with E-state index in [-0.39, 0.29) is 43.2 Å². The van der Waals surface area contributed by atoms with Crippen molar-refractivity contribution in [1.82, 2.24) is 0 Å². The predicted molar refractivity (Wildman–Crippen MR) is 76.7 cm³/mol. The Morgan fingerprint density at radius 2 is 1.43 bits per heavy atom. The molecule has 0 N–H and O–H groups in total. The highest BCUT2D eigenvalue weighted by Gasteiger charge is 2.27. The molecule has 0 spiro atoms. The summed E-state index contributed by atoms with van der Waals surface area (Å²) in [6.07, 6.45) is -0.380. The largest absolute Gasteiger partial charge is 0.747 e. The molecule has 0 aromatic rings. The van der Waals surface area contributed by atoms with Crippen LogP contribution in [-0.4, -0.2) is 35.6 Å². The van der Waals surface area contributed by atoms with Crippen LogP contribution < -0.4 is 0 Å². The molecule has 0 amide bonds. The van der Waals surface area contributed by atoms with Crippen LogP contribution in [0.3, 0.4) is 0 Å². The molecule has 7 heteroatoms. The van der Waals surface area contributed by atoms with Crippen LogP contribution in [0.15, 0.2) is 0 Å². The molecule has 122 valence electrons. The highest BCUT2D eigenvalue weighted by atomic mass is 32.2. The van der Waals surface area contributed by atoms with E-state index >= 15 is 0 Å². The van der Waals surface area contributed by atoms with Crippen molar-refractivity contribution in [3.05, 3.63) is 0 Å². The van der Waals surface area contributed by atoms with Crippen molar-refractivity contribution in [2.75, 3.05) is 0 Å². The minimum absolute atomic E-state index is 0.0124. The van der Waals surface area contributed by atoms with E-state index in [0.717, 1.165) is 0 Å². The fourth-order valence-corrected chi connectivity index (χ4v) is 2.73. The van der Waals surface area contributed by atoms with Crippen molar-refractivity contribution < 1.29 is 27.4 Å². The van der Waals surface area contributed by atoms with E-state index in [1.807, 2.05) is 0 Å². The molecule has 0 aromatic heterocycles. The maximum absolute atomic E-state index is 11.7. The van der Waals surface area contributed by atoms with E-state index in [9.17, 15) is 27.4 Å². The van der Waals surface area contributed by atoms with E-state index in [4.69, 9.17) is 0 Å². The first-order valence-electron chi connectivity index (χ1n) is 6.99. The number of carbonyl (C=O) groups is 3. The molecule has 6 nitrogen and oxygen atoms in total. The summed E-state index contributed by atoms with van der Waals surface area (Å²) < 4.78 is 33.3. The van der Waals surface area contributed by atoms with Gasteiger partial charge < -0.3 is 4.55 Å². The highest BCUT2D eigenvalue weighted by Crippen LogP contribution is 2.15. The first kappa shape index (κ1) is 19.9. The minimum Gasteiger partial charge on any atom is -0.747 e. The lowest BCUT2D eigenvalue weighted by atomic mass is 9.98. The molecule has 1 atom stereocenters. The number of Topliss-reactive ketones (excluding diaryl/α,β-unsaturated/α-hetero) is 3. The highest BCUT2D eigenvalue weighted by molar-refractivity contribution is 7.87. The van der Waals surface area contributed by atoms with E-state index < -0.39 is 27.1 Å². The van der Waals surface area contributed by atoms with Gasteiger partial charge in [-0.2, -0.15) is 0 Å². The Hall–Kier alpha value is -1.08. The molecule has 0 bridgehead atoms. The van der Waals surface area contributed by atoms with E-state index in [2.05, 4.69) is 0 Å². The van der Waals surface area contributed by atoms with Crippen molar-refractivity contribution in [2.24, 2.45) is 11.8 Å². The first-order chi connectivity index (χ1) is 9.46. The second-order valence-corrected chi connectivity index (χ2v) is 7.29. The summed E-state index contributed by atoms with van der Waals surface area (Å²) in [7, 11) is -4.77. The molecule has 0 aromatic carbocycles. The topological polar surface area (TPSA) is 108 Å². The van der Waals surface area contributed by atoms with Crippen LogP contribution in [0.1, 0.15) is 53.4 Å². The normalized spacial score (nSPS) is 13.5. The van der Waals surface area contributed by atoms with Crippen LogP contribution in [0.5, 0.6) is 0 Å². The zero-order chi connectivity index (χ0) is 16.8. The van der Waals surface area contributed by atoms with Gasteiger partial charge in [-0.1, -0.05) is 27.7 Å². The van der Waals surface area contributed by atoms with Gasteiger partial charge in [0.15, 0.2) is 5.78 Å². The van der Waals surface area contributed by atoms with Crippen molar-refractivity contribution in [3.8, 4) is 0 Å². The number of carbonyl (C=O) groups excluding carboxylic acids is 3. The standard InChI is InChI=1S/C14H24O6S/c1-9(2)12(16)7-5-11(15)6-8-13(21(18,19)20)14(17)10(3)4/h9-10,13H,5-8H2,1-4H3,(H,18,19,20)/p-1. The van der Waals surface area contributed by atoms with Crippen LogP contribution in [0.2, 0.25) is 0 Å². The molecule has 0 saturated heterocycles. The quantitative estimate of drug-likeness (QED) is 0.564. The van der Waals surface area contributed by atoms with Crippen LogP contribution >= 0.6 is 0 Å². The Morgan fingerprint density at radius 1 is 0.905 bits per heavy atom. The summed E-state index contributed by atoms with van der Waals surface area (Å²) in [5.41, 5.74) is 0. The summed E-state index contributed by atoms with van der Waals surface area (Å²) in [4.78, 5) is 34.7. The Bertz CT molecular complexity index is 490. The second kappa shape index (κ2) is 8.38. The van der Waals surface area contributed by atoms with E-state index in [1.54, 1.807) is 13.8 Å². The molecule has 21 heavy (non-hydrogen) atoms. The molecule has 0 aliphatic carbocycles. The van der Waals surface area contributed by atoms with Gasteiger partial charge in [-0.05, 0) is 6.42 Å². The van der Waals surface area contributed by atoms with Crippen molar-refractivity contribution in [1.29, 1.82) is 0 Å². The fourth-order valence-electron chi connectivity index (χ4n) is 1.77. The molecular formula is C14H23O6S-. The molecule has 0 rings (SSSR count). The number of rotatable bonds is 10. The van der Waals surface area contributed by atoms with Gasteiger partial charge in [0, 0.05) is 31.1 Å². The van der Waals surface area contributed by atoms with Crippen molar-refractivity contribution in [3.63, 3.8) is 0 Å². The van der Waals surface area contributed by atoms with Gasteiger partial charge in [-0.25, -0.2) is 8.42 Å². The third kappa shape index (κ3) is 7.47. The average Bonchev–Trinajstić information content (AvgIpc) is 2.33. The van der Waals surface area contributed by atoms with Gasteiger partial charge in [0.25, 0.3) is 0 Å². The number of hydrogen-bond acceptors (Lipinski definition) is 6. The van der Waals surface area contributed by atoms with Gasteiger partial charge in [-0.3, -0.25) is 14.4 Å². The smallest absolute Gasteiger partial charge is 0.152 e. The molecule has 1 unspecified atom stereocenters. The summed E-state index contributed by atoms with van der Waals surface area (Å²) in [5, 5.41) is -1.68. The van der Waals surface area contributed by atoms with Gasteiger partial charge in [0.2, 0.25) is 0 Å². The lowest BCUT2D eigenvalue weighted by Crippen LogP contribution is -2.33. The molecule has 0 aliphatic rings. The Labute approximate surface area is 126 Å². The zero-order valence-corrected chi connectivity index (χ0v) is 13.7. The lowest BCUT2D eigenvalue weighted by molar-refractivity contribution is -0.126. The molecule has 0 saturated carbocycles. The number of hydrogen-bond donors (Lipinski definition) is 0. The first-order valence-corrected chi connectivity index (χ1v) is 8.46. The maximum atomic E-state index is 11.7. The van der Waals surface area contributed by atoms with Crippen LogP contribution in [-0.2, 0) is 24.5 Å². The van der Waals surface area contributed by atoms with Crippen LogP contribution in [0, 0.1) is 11.8 Å². The monoisotopic (exact) mass is 319 g/mol. The van der Waals surface area contributed by atoms with E-state index in [0.29, 0.717) is 0 Å². The fraction of sp³-hybridized carbons (Fsp3) is 0.786. The molecule has 0 aliphatic heterocycles. The lowest BCUT2D eigenvalue weighted by Gasteiger charge is -2.20. The molecule has 0 fully saturated rings. The Balaban J connectivity index is 4.54. The summed E-state index contributed by atoms with van der Waals surface area (Å²) in [6.45, 7) is 6.47. The van der Waals surface area contributed by atoms with Gasteiger partial charge in [-0.15, -0.1) is 0 Å². The average molecular weight is 319 g/mol. The maximum Gasteiger partial charge on any atom is 0.152 e. The third-order valence-electron chi connectivity index (χ3n) is 3.21. The summed E-state index contributed by atoms with van der Waals surface area (Å²) in [5.74, 6) is -1.77. The van der Waals surface area contributed by atoms with Gasteiger partial charge in [0.05, 0.1) is 0 Å². The second-order valence-electron chi connectivity index (χ2n) is 5.74. The molecular weight excluding hydrogens is 296 g/mol. The van der Waals surface area contributed by atoms with E-state index in [1.165, 1.54) is 13.8 Å². The van der Waals surface area contributed by atoms with Crippen molar-refractivity contribution >= 4 is 27.5 Å². The molecule has 0 radical (unpaired) electrons. The van der Waals surface area contributed by atoms with Gasteiger partial charge >= 0.3 is 0 Å². The van der Waals surface area contributed by atoms with Gasteiger partial charge in [0.1, 0.15) is 26.9 Å². The summed E-state index contributed by atoms with van der Waals surface area (Å²) in [6, 6.07) is 0. The third-order valence-corrected chi connectivity index (χ3v) is 4.38. The predicted octanol–water partition coefficient (Wildman–Crippen LogP) is 1.48.